The van der Waals surface area contributed by atoms with Crippen molar-refractivity contribution in [2.24, 2.45) is 7.05 Å². The first-order valence-corrected chi connectivity index (χ1v) is 8.62. The zero-order chi connectivity index (χ0) is 20.4. The molecule has 0 aliphatic carbocycles. The lowest BCUT2D eigenvalue weighted by Crippen LogP contribution is -2.22. The maximum Gasteiger partial charge on any atom is 0.343 e. The van der Waals surface area contributed by atoms with Crippen molar-refractivity contribution in [2.45, 2.75) is 13.8 Å². The fourth-order valence-corrected chi connectivity index (χ4v) is 2.94. The van der Waals surface area contributed by atoms with Gasteiger partial charge in [-0.25, -0.2) is 13.9 Å². The van der Waals surface area contributed by atoms with Gasteiger partial charge >= 0.3 is 5.97 Å². The topological polar surface area (TPSA) is 91.0 Å². The number of aryl methyl sites for hydroxylation is 3. The molecule has 0 aliphatic heterocycles. The van der Waals surface area contributed by atoms with Crippen molar-refractivity contribution in [1.29, 1.82) is 0 Å². The number of carbonyl (C=O) groups excluding carboxylic acids is 2. The maximum absolute atomic E-state index is 13.1. The van der Waals surface area contributed by atoms with E-state index in [4.69, 9.17) is 16.3 Å². The van der Waals surface area contributed by atoms with Crippen LogP contribution in [0.15, 0.2) is 30.3 Å². The van der Waals surface area contributed by atoms with E-state index in [1.807, 2.05) is 0 Å². The minimum absolute atomic E-state index is 0.0109. The smallest absolute Gasteiger partial charge is 0.343 e. The van der Waals surface area contributed by atoms with Gasteiger partial charge in [-0.1, -0.05) is 11.6 Å². The summed E-state index contributed by atoms with van der Waals surface area (Å²) in [7, 11) is 1.68. The Kier molecular flexibility index (Phi) is 5.46. The lowest BCUT2D eigenvalue weighted by molar-refractivity contribution is -0.119. The number of nitrogens with zero attached hydrogens (tertiary/aromatic N) is 4. The molecule has 2 heterocycles. The first-order chi connectivity index (χ1) is 13.3. The van der Waals surface area contributed by atoms with Crippen LogP contribution in [0.25, 0.3) is 5.69 Å². The Bertz CT molecular complexity index is 1040. The summed E-state index contributed by atoms with van der Waals surface area (Å²) in [4.78, 5) is 24.4. The molecule has 0 fully saturated rings. The second-order valence-corrected chi connectivity index (χ2v) is 6.42. The molecule has 0 atom stereocenters. The summed E-state index contributed by atoms with van der Waals surface area (Å²) in [5, 5.41) is 10.9. The molecule has 0 spiro atoms. The van der Waals surface area contributed by atoms with Crippen molar-refractivity contribution < 1.29 is 18.7 Å². The predicted molar refractivity (Wildman–Crippen MR) is 100 cm³/mol. The molecule has 3 rings (SSSR count). The molecule has 28 heavy (non-hydrogen) atoms. The molecule has 1 aromatic carbocycles. The van der Waals surface area contributed by atoms with Gasteiger partial charge in [-0.05, 0) is 38.1 Å². The summed E-state index contributed by atoms with van der Waals surface area (Å²) >= 11 is 6.26. The van der Waals surface area contributed by atoms with Gasteiger partial charge < -0.3 is 10.1 Å². The first kappa shape index (κ1) is 19.6. The van der Waals surface area contributed by atoms with E-state index in [2.05, 4.69) is 15.5 Å². The van der Waals surface area contributed by atoms with Crippen LogP contribution < -0.4 is 5.32 Å². The second kappa shape index (κ2) is 7.81. The molecule has 1 N–H and O–H groups in total. The van der Waals surface area contributed by atoms with Gasteiger partial charge in [-0.3, -0.25) is 9.48 Å². The molecular formula is C18H17ClFN5O3. The van der Waals surface area contributed by atoms with E-state index in [1.165, 1.54) is 33.6 Å². The van der Waals surface area contributed by atoms with Crippen LogP contribution in [0.4, 0.5) is 10.2 Å². The lowest BCUT2D eigenvalue weighted by Gasteiger charge is -2.07. The summed E-state index contributed by atoms with van der Waals surface area (Å²) in [6.07, 6.45) is 0. The predicted octanol–water partition coefficient (Wildman–Crippen LogP) is 2.81. The zero-order valence-corrected chi connectivity index (χ0v) is 16.1. The number of nitrogens with one attached hydrogen (secondary N) is 1. The number of anilines is 1. The highest BCUT2D eigenvalue weighted by Gasteiger charge is 2.23. The van der Waals surface area contributed by atoms with E-state index in [-0.39, 0.29) is 10.7 Å². The quantitative estimate of drug-likeness (QED) is 0.659. The van der Waals surface area contributed by atoms with Crippen molar-refractivity contribution in [3.63, 3.8) is 0 Å². The highest BCUT2D eigenvalue weighted by atomic mass is 35.5. The molecule has 10 heteroatoms. The first-order valence-electron chi connectivity index (χ1n) is 8.25. The second-order valence-electron chi connectivity index (χ2n) is 6.06. The van der Waals surface area contributed by atoms with Gasteiger partial charge in [-0.2, -0.15) is 10.2 Å². The third kappa shape index (κ3) is 4.04. The third-order valence-electron chi connectivity index (χ3n) is 3.88. The molecule has 0 unspecified atom stereocenters. The highest BCUT2D eigenvalue weighted by molar-refractivity contribution is 6.33. The summed E-state index contributed by atoms with van der Waals surface area (Å²) in [5.74, 6) is -1.22. The van der Waals surface area contributed by atoms with Crippen LogP contribution >= 0.6 is 11.6 Å². The fraction of sp³-hybridized carbons (Fsp3) is 0.222. The van der Waals surface area contributed by atoms with Gasteiger partial charge in [0.05, 0.1) is 17.1 Å². The molecule has 1 amide bonds. The molecule has 0 aliphatic rings. The van der Waals surface area contributed by atoms with Crippen LogP contribution in [0.5, 0.6) is 0 Å². The number of halogens is 2. The average Bonchev–Trinajstić information content (AvgIpc) is 3.11. The van der Waals surface area contributed by atoms with Crippen LogP contribution in [-0.2, 0) is 16.6 Å². The van der Waals surface area contributed by atoms with E-state index in [0.29, 0.717) is 17.2 Å². The molecule has 3 aromatic rings. The Morgan fingerprint density at radius 1 is 1.21 bits per heavy atom. The number of benzene rings is 1. The average molecular weight is 406 g/mol. The summed E-state index contributed by atoms with van der Waals surface area (Å²) in [6.45, 7) is 2.88. The Morgan fingerprint density at radius 3 is 2.50 bits per heavy atom. The van der Waals surface area contributed by atoms with Crippen LogP contribution in [0.2, 0.25) is 5.15 Å². The molecule has 0 saturated carbocycles. The molecular weight excluding hydrogens is 389 g/mol. The third-order valence-corrected chi connectivity index (χ3v) is 4.23. The number of ether oxygens (including phenoxy) is 1. The number of rotatable bonds is 5. The molecule has 146 valence electrons. The van der Waals surface area contributed by atoms with Gasteiger partial charge in [0.25, 0.3) is 5.91 Å². The van der Waals surface area contributed by atoms with Crippen LogP contribution in [-0.4, -0.2) is 38.0 Å². The summed E-state index contributed by atoms with van der Waals surface area (Å²) < 4.78 is 21.0. The van der Waals surface area contributed by atoms with E-state index < -0.39 is 24.3 Å². The summed E-state index contributed by atoms with van der Waals surface area (Å²) in [6, 6.07) is 7.15. The Balaban J connectivity index is 1.70. The number of aromatic nitrogens is 4. The fourth-order valence-electron chi connectivity index (χ4n) is 2.59. The SMILES string of the molecule is Cc1cc(NC(=O)COC(=O)c2c(C)nn(-c3ccc(F)cc3)c2Cl)n(C)n1. The van der Waals surface area contributed by atoms with Gasteiger partial charge in [0.1, 0.15) is 22.4 Å². The van der Waals surface area contributed by atoms with Crippen LogP contribution in [0.1, 0.15) is 21.7 Å². The van der Waals surface area contributed by atoms with Gasteiger partial charge in [0.2, 0.25) is 0 Å². The Labute approximate surface area is 164 Å². The monoisotopic (exact) mass is 405 g/mol. The Hall–Kier alpha value is -3.20. The van der Waals surface area contributed by atoms with Crippen LogP contribution in [0, 0.1) is 19.7 Å². The number of hydrogen-bond donors (Lipinski definition) is 1. The normalized spacial score (nSPS) is 10.8. The highest BCUT2D eigenvalue weighted by Crippen LogP contribution is 2.24. The van der Waals surface area contributed by atoms with Gasteiger partial charge in [-0.15, -0.1) is 0 Å². The maximum atomic E-state index is 13.1. The van der Waals surface area contributed by atoms with E-state index >= 15 is 0 Å². The zero-order valence-electron chi connectivity index (χ0n) is 15.4. The standard InChI is InChI=1S/C18H17ClFN5O3/c1-10-8-14(24(3)22-10)21-15(26)9-28-18(27)16-11(2)23-25(17(16)19)13-6-4-12(20)5-7-13/h4-8H,9H2,1-3H3,(H,21,26). The van der Waals surface area contributed by atoms with E-state index in [1.54, 1.807) is 27.0 Å². The van der Waals surface area contributed by atoms with E-state index in [0.717, 1.165) is 5.69 Å². The van der Waals surface area contributed by atoms with Gasteiger partial charge in [0, 0.05) is 13.1 Å². The van der Waals surface area contributed by atoms with Crippen LogP contribution in [0.3, 0.4) is 0 Å². The van der Waals surface area contributed by atoms with Crippen molar-refractivity contribution in [2.75, 3.05) is 11.9 Å². The van der Waals surface area contributed by atoms with Crippen molar-refractivity contribution in [1.82, 2.24) is 19.6 Å². The minimum Gasteiger partial charge on any atom is -0.452 e. The van der Waals surface area contributed by atoms with E-state index in [9.17, 15) is 14.0 Å². The van der Waals surface area contributed by atoms with Crippen molar-refractivity contribution >= 4 is 29.3 Å². The number of esters is 1. The Morgan fingerprint density at radius 2 is 1.89 bits per heavy atom. The summed E-state index contributed by atoms with van der Waals surface area (Å²) in [5.41, 5.74) is 1.58. The van der Waals surface area contributed by atoms with Crippen molar-refractivity contribution in [3.05, 3.63) is 58.3 Å². The number of carbonyl (C=O) groups is 2. The minimum atomic E-state index is -0.785. The molecule has 2 aromatic heterocycles. The molecule has 0 saturated heterocycles. The largest absolute Gasteiger partial charge is 0.452 e. The lowest BCUT2D eigenvalue weighted by atomic mass is 10.2. The van der Waals surface area contributed by atoms with Crippen molar-refractivity contribution in [3.8, 4) is 5.69 Å². The van der Waals surface area contributed by atoms with Gasteiger partial charge in [0.15, 0.2) is 6.61 Å². The molecule has 8 nitrogen and oxygen atoms in total. The number of amides is 1. The molecule has 0 bridgehead atoms. The number of hydrogen-bond acceptors (Lipinski definition) is 5. The molecule has 0 radical (unpaired) electrons.